The van der Waals surface area contributed by atoms with Crippen LogP contribution in [-0.2, 0) is 19.3 Å². The van der Waals surface area contributed by atoms with Crippen molar-refractivity contribution in [2.45, 2.75) is 57.0 Å². The molecule has 4 rings (SSSR count). The van der Waals surface area contributed by atoms with Crippen LogP contribution in [0.5, 0.6) is 0 Å². The van der Waals surface area contributed by atoms with Gasteiger partial charge in [0.15, 0.2) is 0 Å². The van der Waals surface area contributed by atoms with E-state index in [4.69, 9.17) is 14.6 Å². The summed E-state index contributed by atoms with van der Waals surface area (Å²) in [5.74, 6) is 0. The number of allylic oxidation sites excluding steroid dienone is 3. The number of hydrogen-bond donors (Lipinski definition) is 0. The summed E-state index contributed by atoms with van der Waals surface area (Å²) in [5.41, 5.74) is 0.849. The summed E-state index contributed by atoms with van der Waals surface area (Å²) in [6.45, 7) is 9.62. The molecule has 1 saturated heterocycles. The zero-order chi connectivity index (χ0) is 21.9. The second-order valence-corrected chi connectivity index (χ2v) is 11.5. The molecule has 0 saturated carbocycles. The second kappa shape index (κ2) is 6.58. The van der Waals surface area contributed by atoms with Gasteiger partial charge in [-0.3, -0.25) is 0 Å². The van der Waals surface area contributed by atoms with Crippen LogP contribution in [0.15, 0.2) is 54.2 Å². The highest BCUT2D eigenvalue weighted by atomic mass is 32.2. The van der Waals surface area contributed by atoms with Crippen LogP contribution in [0.4, 0.5) is 0 Å². The third kappa shape index (κ3) is 3.04. The number of nitrogens with zero attached hydrogens (tertiary/aromatic N) is 2. The van der Waals surface area contributed by atoms with Gasteiger partial charge in [0.05, 0.1) is 28.4 Å². The van der Waals surface area contributed by atoms with Crippen LogP contribution < -0.4 is 0 Å². The summed E-state index contributed by atoms with van der Waals surface area (Å²) in [7, 11) is -4.38. The predicted octanol–water partition coefficient (Wildman–Crippen LogP) is 3.97. The van der Waals surface area contributed by atoms with Crippen molar-refractivity contribution >= 4 is 28.0 Å². The Labute approximate surface area is 178 Å². The molecule has 1 aliphatic heterocycles. The Bertz CT molecular complexity index is 1220. The minimum Gasteiger partial charge on any atom is -0.400 e. The van der Waals surface area contributed by atoms with Crippen LogP contribution in [0.3, 0.4) is 0 Å². The van der Waals surface area contributed by atoms with Gasteiger partial charge in [0, 0.05) is 11.6 Å². The Kier molecular flexibility index (Phi) is 4.59. The van der Waals surface area contributed by atoms with Gasteiger partial charge < -0.3 is 9.31 Å². The van der Waals surface area contributed by atoms with E-state index in [1.54, 1.807) is 49.5 Å². The number of nitriles is 1. The van der Waals surface area contributed by atoms with Gasteiger partial charge in [-0.2, -0.15) is 5.26 Å². The first-order valence-electron chi connectivity index (χ1n) is 9.90. The minimum atomic E-state index is -3.79. The van der Waals surface area contributed by atoms with Crippen molar-refractivity contribution in [2.24, 2.45) is 0 Å². The predicted molar refractivity (Wildman–Crippen MR) is 117 cm³/mol. The maximum atomic E-state index is 13.7. The van der Waals surface area contributed by atoms with Crippen molar-refractivity contribution in [3.8, 4) is 6.07 Å². The molecule has 0 radical (unpaired) electrons. The van der Waals surface area contributed by atoms with Crippen molar-refractivity contribution in [2.75, 3.05) is 0 Å². The van der Waals surface area contributed by atoms with E-state index in [1.807, 2.05) is 33.8 Å². The van der Waals surface area contributed by atoms with E-state index in [2.05, 4.69) is 6.07 Å². The van der Waals surface area contributed by atoms with Crippen molar-refractivity contribution < 1.29 is 17.7 Å². The topological polar surface area (TPSA) is 81.3 Å². The molecule has 30 heavy (non-hydrogen) atoms. The molecule has 0 spiro atoms. The first-order chi connectivity index (χ1) is 13.9. The Morgan fingerprint density at radius 2 is 1.77 bits per heavy atom. The van der Waals surface area contributed by atoms with Gasteiger partial charge in [0.1, 0.15) is 4.75 Å². The molecular weight excluding hydrogens is 399 g/mol. The largest absolute Gasteiger partial charge is 0.490 e. The lowest BCUT2D eigenvalue weighted by Crippen LogP contribution is -2.41. The summed E-state index contributed by atoms with van der Waals surface area (Å²) < 4.78 is 39.8. The first kappa shape index (κ1) is 20.9. The van der Waals surface area contributed by atoms with Crippen LogP contribution in [-0.4, -0.2) is 35.5 Å². The summed E-state index contributed by atoms with van der Waals surface area (Å²) in [6.07, 6.45) is 7.17. The lowest BCUT2D eigenvalue weighted by atomic mass is 9.71. The average Bonchev–Trinajstić information content (AvgIpc) is 3.19. The molecule has 0 N–H and O–H groups in total. The van der Waals surface area contributed by atoms with Gasteiger partial charge in [-0.05, 0) is 70.8 Å². The van der Waals surface area contributed by atoms with Crippen LogP contribution in [0.25, 0.3) is 10.9 Å². The molecule has 2 aromatic rings. The molecule has 2 aliphatic rings. The fraction of sp³-hybridized carbons (Fsp3) is 0.409. The van der Waals surface area contributed by atoms with Crippen molar-refractivity contribution in [3.63, 3.8) is 0 Å². The van der Waals surface area contributed by atoms with E-state index in [0.717, 1.165) is 5.47 Å². The van der Waals surface area contributed by atoms with Gasteiger partial charge in [0.25, 0.3) is 0 Å². The van der Waals surface area contributed by atoms with Crippen molar-refractivity contribution in [3.05, 3.63) is 59.7 Å². The van der Waals surface area contributed by atoms with Crippen molar-refractivity contribution in [1.82, 2.24) is 3.97 Å². The van der Waals surface area contributed by atoms with Crippen LogP contribution >= 0.6 is 0 Å². The minimum absolute atomic E-state index is 0.263. The average molecular weight is 424 g/mol. The van der Waals surface area contributed by atoms with Gasteiger partial charge in [0.2, 0.25) is 10.0 Å². The molecule has 2 heterocycles. The molecule has 1 aliphatic carbocycles. The molecule has 0 amide bonds. The number of benzene rings is 1. The highest BCUT2D eigenvalue weighted by Crippen LogP contribution is 2.42. The molecule has 6 nitrogen and oxygen atoms in total. The maximum absolute atomic E-state index is 13.7. The van der Waals surface area contributed by atoms with Crippen LogP contribution in [0, 0.1) is 11.3 Å². The Morgan fingerprint density at radius 1 is 1.10 bits per heavy atom. The Morgan fingerprint density at radius 3 is 2.40 bits per heavy atom. The van der Waals surface area contributed by atoms with Gasteiger partial charge >= 0.3 is 7.12 Å². The number of aromatic nitrogens is 1. The number of fused-ring (bicyclic) bond motifs is 1. The summed E-state index contributed by atoms with van der Waals surface area (Å²) in [4.78, 5) is 0. The highest BCUT2D eigenvalue weighted by molar-refractivity contribution is 7.91. The molecule has 1 aromatic heterocycles. The number of rotatable bonds is 3. The van der Waals surface area contributed by atoms with E-state index in [-0.39, 0.29) is 6.42 Å². The van der Waals surface area contributed by atoms with E-state index >= 15 is 0 Å². The monoisotopic (exact) mass is 424 g/mol. The summed E-state index contributed by atoms with van der Waals surface area (Å²) in [6, 6.07) is 8.79. The summed E-state index contributed by atoms with van der Waals surface area (Å²) >= 11 is 0. The van der Waals surface area contributed by atoms with E-state index in [0.29, 0.717) is 16.5 Å². The smallest absolute Gasteiger partial charge is 0.400 e. The molecule has 8 heteroatoms. The molecule has 1 fully saturated rings. The van der Waals surface area contributed by atoms with Crippen molar-refractivity contribution in [1.29, 1.82) is 5.26 Å². The fourth-order valence-corrected chi connectivity index (χ4v) is 5.55. The standard InChI is InChI=1S/C22H25BN2O4S/c1-20(2)21(3,4)29-23(28-20)18-7-6-11-22(5,14-18)30(26,27)25-12-10-17-13-16(15-24)8-9-19(17)25/h6-13H,14H2,1-5H3. The Balaban J connectivity index is 1.69. The molecule has 1 atom stereocenters. The molecule has 0 bridgehead atoms. The first-order valence-corrected chi connectivity index (χ1v) is 11.3. The highest BCUT2D eigenvalue weighted by Gasteiger charge is 2.54. The zero-order valence-electron chi connectivity index (χ0n) is 17.8. The van der Waals surface area contributed by atoms with Crippen LogP contribution in [0.1, 0.15) is 46.6 Å². The molecular formula is C22H25BN2O4S. The quantitative estimate of drug-likeness (QED) is 0.697. The van der Waals surface area contributed by atoms with Crippen LogP contribution in [0.2, 0.25) is 0 Å². The summed E-state index contributed by atoms with van der Waals surface area (Å²) in [5, 5.41) is 9.81. The third-order valence-corrected chi connectivity index (χ3v) is 8.80. The fourth-order valence-electron chi connectivity index (χ4n) is 3.85. The van der Waals surface area contributed by atoms with E-state index < -0.39 is 33.1 Å². The van der Waals surface area contributed by atoms with E-state index in [9.17, 15) is 8.42 Å². The second-order valence-electron chi connectivity index (χ2n) is 9.18. The maximum Gasteiger partial charge on any atom is 0.490 e. The molecule has 1 unspecified atom stereocenters. The SMILES string of the molecule is CC1(C)OB(C2=CC=CC(C)(S(=O)(=O)n3ccc4cc(C#N)ccc43)C2)OC1(C)C. The Hall–Kier alpha value is -2.34. The van der Waals surface area contributed by atoms with Gasteiger partial charge in [-0.25, -0.2) is 12.4 Å². The normalized spacial score (nSPS) is 25.3. The zero-order valence-corrected chi connectivity index (χ0v) is 18.7. The molecule has 1 aromatic carbocycles. The molecule has 156 valence electrons. The van der Waals surface area contributed by atoms with Gasteiger partial charge in [-0.1, -0.05) is 18.2 Å². The van der Waals surface area contributed by atoms with E-state index in [1.165, 1.54) is 3.97 Å². The lowest BCUT2D eigenvalue weighted by molar-refractivity contribution is 0.00578. The lowest BCUT2D eigenvalue weighted by Gasteiger charge is -2.32. The third-order valence-electron chi connectivity index (χ3n) is 6.50. The van der Waals surface area contributed by atoms with Gasteiger partial charge in [-0.15, -0.1) is 0 Å². The number of hydrogen-bond acceptors (Lipinski definition) is 5.